The Kier molecular flexibility index (Phi) is 5.68. The molecule has 6 nitrogen and oxygen atoms in total. The minimum atomic E-state index is -4.10. The maximum atomic E-state index is 13.3. The fraction of sp³-hybridized carbons (Fsp3) is 0.556. The van der Waals surface area contributed by atoms with Crippen molar-refractivity contribution >= 4 is 22.0 Å². The van der Waals surface area contributed by atoms with Crippen molar-refractivity contribution in [1.29, 1.82) is 0 Å². The molecule has 1 amide bonds. The van der Waals surface area contributed by atoms with Crippen LogP contribution in [0.2, 0.25) is 0 Å². The van der Waals surface area contributed by atoms with Crippen LogP contribution in [0.25, 0.3) is 0 Å². The number of morpholine rings is 1. The number of aldehydes is 1. The van der Waals surface area contributed by atoms with Gasteiger partial charge in [0.25, 0.3) is 0 Å². The first-order valence-corrected chi connectivity index (χ1v) is 9.75. The van der Waals surface area contributed by atoms with Crippen molar-refractivity contribution < 1.29 is 22.7 Å². The van der Waals surface area contributed by atoms with Gasteiger partial charge in [0.2, 0.25) is 5.91 Å². The van der Waals surface area contributed by atoms with E-state index < -0.39 is 25.2 Å². The fourth-order valence-corrected chi connectivity index (χ4v) is 5.05. The molecule has 25 heavy (non-hydrogen) atoms. The van der Waals surface area contributed by atoms with E-state index in [1.165, 1.54) is 25.7 Å². The first kappa shape index (κ1) is 19.6. The van der Waals surface area contributed by atoms with Gasteiger partial charge in [-0.15, -0.1) is 0 Å². The van der Waals surface area contributed by atoms with Gasteiger partial charge >= 0.3 is 0 Å². The number of rotatable bonds is 6. The molecule has 0 spiro atoms. The SMILES string of the molecule is CC(C=O)(Cc1ccccc1)S(=O)(=O)C(C)(C)C(=O)N1CCOCC1. The summed E-state index contributed by atoms with van der Waals surface area (Å²) in [6.07, 6.45) is 0.475. The van der Waals surface area contributed by atoms with E-state index in [1.54, 1.807) is 24.3 Å². The van der Waals surface area contributed by atoms with Gasteiger partial charge in [-0.25, -0.2) is 8.42 Å². The Morgan fingerprint density at radius 3 is 2.24 bits per heavy atom. The number of carbonyl (C=O) groups is 2. The molecule has 138 valence electrons. The van der Waals surface area contributed by atoms with Gasteiger partial charge in [0, 0.05) is 13.1 Å². The number of hydrogen-bond donors (Lipinski definition) is 0. The Hall–Kier alpha value is -1.73. The van der Waals surface area contributed by atoms with Crippen molar-refractivity contribution in [2.45, 2.75) is 36.7 Å². The van der Waals surface area contributed by atoms with Gasteiger partial charge in [0.15, 0.2) is 9.84 Å². The predicted octanol–water partition coefficient (Wildman–Crippen LogP) is 1.24. The lowest BCUT2D eigenvalue weighted by molar-refractivity contribution is -0.137. The van der Waals surface area contributed by atoms with E-state index in [1.807, 2.05) is 6.07 Å². The summed E-state index contributed by atoms with van der Waals surface area (Å²) in [6, 6.07) is 8.94. The number of benzene rings is 1. The molecule has 0 N–H and O–H groups in total. The van der Waals surface area contributed by atoms with E-state index in [0.717, 1.165) is 5.56 Å². The normalized spacial score (nSPS) is 18.4. The number of sulfone groups is 1. The topological polar surface area (TPSA) is 80.8 Å². The minimum Gasteiger partial charge on any atom is -0.378 e. The summed E-state index contributed by atoms with van der Waals surface area (Å²) in [5.41, 5.74) is 0.732. The molecule has 1 atom stereocenters. The molecule has 0 radical (unpaired) electrons. The van der Waals surface area contributed by atoms with E-state index >= 15 is 0 Å². The minimum absolute atomic E-state index is 0.0273. The fourth-order valence-electron chi connectivity index (χ4n) is 3.05. The van der Waals surface area contributed by atoms with Gasteiger partial charge in [0.1, 0.15) is 15.8 Å². The van der Waals surface area contributed by atoms with E-state index in [0.29, 0.717) is 32.6 Å². The molecule has 1 heterocycles. The van der Waals surface area contributed by atoms with Crippen LogP contribution in [0.5, 0.6) is 0 Å². The lowest BCUT2D eigenvalue weighted by Crippen LogP contribution is -2.59. The molecule has 1 fully saturated rings. The number of amides is 1. The van der Waals surface area contributed by atoms with Crippen LogP contribution in [0.15, 0.2) is 30.3 Å². The molecule has 1 saturated heterocycles. The van der Waals surface area contributed by atoms with Crippen LogP contribution < -0.4 is 0 Å². The molecule has 0 aliphatic carbocycles. The largest absolute Gasteiger partial charge is 0.378 e. The summed E-state index contributed by atoms with van der Waals surface area (Å²) in [5.74, 6) is -0.489. The Morgan fingerprint density at radius 2 is 1.72 bits per heavy atom. The van der Waals surface area contributed by atoms with Gasteiger partial charge < -0.3 is 14.4 Å². The van der Waals surface area contributed by atoms with Crippen LogP contribution in [0.4, 0.5) is 0 Å². The smallest absolute Gasteiger partial charge is 0.243 e. The second kappa shape index (κ2) is 7.25. The Balaban J connectivity index is 2.35. The molecule has 0 aromatic heterocycles. The third kappa shape index (κ3) is 3.62. The second-order valence-electron chi connectivity index (χ2n) is 7.01. The van der Waals surface area contributed by atoms with Crippen molar-refractivity contribution in [3.63, 3.8) is 0 Å². The summed E-state index contributed by atoms with van der Waals surface area (Å²) in [4.78, 5) is 26.2. The Bertz CT molecular complexity index is 723. The zero-order valence-electron chi connectivity index (χ0n) is 14.9. The summed E-state index contributed by atoms with van der Waals surface area (Å²) in [5, 5.41) is 0. The van der Waals surface area contributed by atoms with Gasteiger partial charge in [0.05, 0.1) is 13.2 Å². The number of nitrogens with zero attached hydrogens (tertiary/aromatic N) is 1. The molecule has 1 unspecified atom stereocenters. The third-order valence-corrected chi connectivity index (χ3v) is 7.73. The van der Waals surface area contributed by atoms with Crippen LogP contribution in [-0.2, 0) is 30.6 Å². The maximum absolute atomic E-state index is 13.3. The Labute approximate surface area is 149 Å². The van der Waals surface area contributed by atoms with Crippen LogP contribution in [-0.4, -0.2) is 61.3 Å². The highest BCUT2D eigenvalue weighted by Crippen LogP contribution is 2.33. The number of ether oxygens (including phenoxy) is 1. The zero-order valence-corrected chi connectivity index (χ0v) is 15.7. The highest BCUT2D eigenvalue weighted by molar-refractivity contribution is 7.95. The van der Waals surface area contributed by atoms with E-state index in [4.69, 9.17) is 4.74 Å². The van der Waals surface area contributed by atoms with Gasteiger partial charge in [-0.05, 0) is 32.8 Å². The van der Waals surface area contributed by atoms with Crippen molar-refractivity contribution in [3.05, 3.63) is 35.9 Å². The first-order valence-electron chi connectivity index (χ1n) is 8.27. The van der Waals surface area contributed by atoms with E-state index in [2.05, 4.69) is 0 Å². The third-order valence-electron chi connectivity index (χ3n) is 4.75. The standard InChI is InChI=1S/C18H25NO5S/c1-17(2,16(21)19-9-11-24-12-10-19)25(22,23)18(3,14-20)13-15-7-5-4-6-8-15/h4-8,14H,9-13H2,1-3H3. The van der Waals surface area contributed by atoms with Crippen LogP contribution in [0.3, 0.4) is 0 Å². The molecule has 0 bridgehead atoms. The average molecular weight is 367 g/mol. The lowest BCUT2D eigenvalue weighted by Gasteiger charge is -2.37. The van der Waals surface area contributed by atoms with Crippen molar-refractivity contribution in [1.82, 2.24) is 4.90 Å². The molecule has 0 saturated carbocycles. The van der Waals surface area contributed by atoms with Crippen molar-refractivity contribution in [2.24, 2.45) is 0 Å². The second-order valence-corrected chi connectivity index (χ2v) is 9.97. The molecule has 2 rings (SSSR count). The molecule has 1 aliphatic rings. The van der Waals surface area contributed by atoms with Crippen molar-refractivity contribution in [3.8, 4) is 0 Å². The lowest BCUT2D eigenvalue weighted by atomic mass is 10.0. The molecular formula is C18H25NO5S. The number of hydrogen-bond acceptors (Lipinski definition) is 5. The highest BCUT2D eigenvalue weighted by Gasteiger charge is 2.54. The highest BCUT2D eigenvalue weighted by atomic mass is 32.2. The monoisotopic (exact) mass is 367 g/mol. The van der Waals surface area contributed by atoms with E-state index in [-0.39, 0.29) is 6.42 Å². The predicted molar refractivity (Wildman–Crippen MR) is 95.0 cm³/mol. The molecule has 7 heteroatoms. The summed E-state index contributed by atoms with van der Waals surface area (Å²) >= 11 is 0. The molecule has 1 aliphatic heterocycles. The molecule has 1 aromatic rings. The average Bonchev–Trinajstić information content (AvgIpc) is 2.62. The summed E-state index contributed by atoms with van der Waals surface area (Å²) < 4.78 is 28.4. The van der Waals surface area contributed by atoms with Crippen LogP contribution in [0, 0.1) is 0 Å². The zero-order chi connectivity index (χ0) is 18.7. The van der Waals surface area contributed by atoms with Crippen LogP contribution >= 0.6 is 0 Å². The molecular weight excluding hydrogens is 342 g/mol. The quantitative estimate of drug-likeness (QED) is 0.707. The maximum Gasteiger partial charge on any atom is 0.243 e. The van der Waals surface area contributed by atoms with Crippen molar-refractivity contribution in [2.75, 3.05) is 26.3 Å². The Morgan fingerprint density at radius 1 is 1.16 bits per heavy atom. The number of carbonyl (C=O) groups excluding carboxylic acids is 2. The van der Waals surface area contributed by atoms with Gasteiger partial charge in [-0.1, -0.05) is 30.3 Å². The first-order chi connectivity index (χ1) is 11.7. The summed E-state index contributed by atoms with van der Waals surface area (Å²) in [6.45, 7) is 5.63. The van der Waals surface area contributed by atoms with Gasteiger partial charge in [-0.2, -0.15) is 0 Å². The summed E-state index contributed by atoms with van der Waals surface area (Å²) in [7, 11) is -4.10. The van der Waals surface area contributed by atoms with E-state index in [9.17, 15) is 18.0 Å². The van der Waals surface area contributed by atoms with Gasteiger partial charge in [-0.3, -0.25) is 4.79 Å². The van der Waals surface area contributed by atoms with Crippen LogP contribution in [0.1, 0.15) is 26.3 Å². The molecule has 1 aromatic carbocycles.